The third kappa shape index (κ3) is 3.26. The summed E-state index contributed by atoms with van der Waals surface area (Å²) in [6, 6.07) is 5.18. The average molecular weight is 264 g/mol. The molecule has 1 unspecified atom stereocenters. The Balaban J connectivity index is 2.16. The Labute approximate surface area is 113 Å². The first kappa shape index (κ1) is 13.9. The van der Waals surface area contributed by atoms with Crippen LogP contribution in [0.3, 0.4) is 0 Å². The number of benzene rings is 1. The van der Waals surface area contributed by atoms with Gasteiger partial charge in [-0.2, -0.15) is 0 Å². The van der Waals surface area contributed by atoms with Gasteiger partial charge >= 0.3 is 0 Å². The molecule has 1 atom stereocenters. The first-order chi connectivity index (χ1) is 8.91. The molecule has 1 aliphatic heterocycles. The molecule has 4 heteroatoms. The number of fused-ring (bicyclic) bond motifs is 1. The summed E-state index contributed by atoms with van der Waals surface area (Å²) in [5, 5.41) is 9.47. The van der Waals surface area contributed by atoms with Crippen LogP contribution in [0.5, 0.6) is 11.5 Å². The highest BCUT2D eigenvalue weighted by atomic mass is 16.5. The van der Waals surface area contributed by atoms with E-state index in [1.807, 2.05) is 20.8 Å². The first-order valence-corrected chi connectivity index (χ1v) is 6.58. The molecule has 0 fully saturated rings. The van der Waals surface area contributed by atoms with Crippen LogP contribution in [0.1, 0.15) is 44.0 Å². The quantitative estimate of drug-likeness (QED) is 0.908. The highest BCUT2D eigenvalue weighted by Crippen LogP contribution is 2.35. The van der Waals surface area contributed by atoms with Gasteiger partial charge in [0.2, 0.25) is 0 Å². The molecule has 0 saturated heterocycles. The summed E-state index contributed by atoms with van der Waals surface area (Å²) in [4.78, 5) is 12.0. The minimum atomic E-state index is -0.481. The number of hydrogen-bond donors (Lipinski definition) is 1. The van der Waals surface area contributed by atoms with E-state index in [4.69, 9.17) is 9.47 Å². The summed E-state index contributed by atoms with van der Waals surface area (Å²) in [7, 11) is 0. The van der Waals surface area contributed by atoms with E-state index in [0.717, 1.165) is 0 Å². The molecular formula is C15H20O4. The summed E-state index contributed by atoms with van der Waals surface area (Å²) in [6.45, 7) is 5.92. The SMILES string of the molecule is CCC(O)COc1ccc2c(c1)OC(C)(C)CC2=O. The van der Waals surface area contributed by atoms with Crippen LogP contribution in [-0.4, -0.2) is 29.2 Å². The highest BCUT2D eigenvalue weighted by Gasteiger charge is 2.32. The van der Waals surface area contributed by atoms with Crippen molar-refractivity contribution in [3.63, 3.8) is 0 Å². The van der Waals surface area contributed by atoms with Crippen molar-refractivity contribution in [2.24, 2.45) is 0 Å². The Hall–Kier alpha value is -1.55. The predicted molar refractivity (Wildman–Crippen MR) is 71.9 cm³/mol. The molecule has 0 aromatic heterocycles. The lowest BCUT2D eigenvalue weighted by molar-refractivity contribution is 0.0614. The largest absolute Gasteiger partial charge is 0.491 e. The van der Waals surface area contributed by atoms with E-state index >= 15 is 0 Å². The van der Waals surface area contributed by atoms with Crippen LogP contribution in [0, 0.1) is 0 Å². The molecular weight excluding hydrogens is 244 g/mol. The topological polar surface area (TPSA) is 55.8 Å². The average Bonchev–Trinajstić information content (AvgIpc) is 2.33. The van der Waals surface area contributed by atoms with Crippen molar-refractivity contribution in [3.05, 3.63) is 23.8 Å². The number of carbonyl (C=O) groups excluding carboxylic acids is 1. The predicted octanol–water partition coefficient (Wildman–Crippen LogP) is 2.58. The number of ether oxygens (including phenoxy) is 2. The molecule has 104 valence electrons. The van der Waals surface area contributed by atoms with Gasteiger partial charge in [0, 0.05) is 6.07 Å². The summed E-state index contributed by atoms with van der Waals surface area (Å²) in [5.41, 5.74) is 0.119. The Morgan fingerprint density at radius 3 is 2.89 bits per heavy atom. The van der Waals surface area contributed by atoms with Crippen molar-refractivity contribution in [2.75, 3.05) is 6.61 Å². The molecule has 0 saturated carbocycles. The molecule has 0 aliphatic carbocycles. The summed E-state index contributed by atoms with van der Waals surface area (Å²) in [5.74, 6) is 1.26. The van der Waals surface area contributed by atoms with Crippen LogP contribution in [0.25, 0.3) is 0 Å². The normalized spacial score (nSPS) is 18.4. The molecule has 2 rings (SSSR count). The van der Waals surface area contributed by atoms with Gasteiger partial charge in [0.05, 0.1) is 18.1 Å². The van der Waals surface area contributed by atoms with Crippen molar-refractivity contribution < 1.29 is 19.4 Å². The Kier molecular flexibility index (Phi) is 3.80. The Bertz CT molecular complexity index is 479. The van der Waals surface area contributed by atoms with E-state index in [-0.39, 0.29) is 12.4 Å². The molecule has 1 aliphatic rings. The van der Waals surface area contributed by atoms with Gasteiger partial charge in [-0.1, -0.05) is 6.92 Å². The van der Waals surface area contributed by atoms with Crippen molar-refractivity contribution >= 4 is 5.78 Å². The lowest BCUT2D eigenvalue weighted by atomic mass is 9.93. The fraction of sp³-hybridized carbons (Fsp3) is 0.533. The monoisotopic (exact) mass is 264 g/mol. The fourth-order valence-electron chi connectivity index (χ4n) is 2.03. The van der Waals surface area contributed by atoms with Crippen molar-refractivity contribution in [1.29, 1.82) is 0 Å². The maximum Gasteiger partial charge on any atom is 0.170 e. The Morgan fingerprint density at radius 2 is 2.21 bits per heavy atom. The fourth-order valence-corrected chi connectivity index (χ4v) is 2.03. The standard InChI is InChI=1S/C15H20O4/c1-4-10(16)9-18-11-5-6-12-13(17)8-15(2,3)19-14(12)7-11/h5-7,10,16H,4,8-9H2,1-3H3. The number of hydrogen-bond acceptors (Lipinski definition) is 4. The van der Waals surface area contributed by atoms with Crippen LogP contribution in [-0.2, 0) is 0 Å². The van der Waals surface area contributed by atoms with E-state index in [0.29, 0.717) is 29.9 Å². The maximum atomic E-state index is 12.0. The van der Waals surface area contributed by atoms with Gasteiger partial charge < -0.3 is 14.6 Å². The van der Waals surface area contributed by atoms with Crippen LogP contribution in [0.15, 0.2) is 18.2 Å². The van der Waals surface area contributed by atoms with E-state index in [2.05, 4.69) is 0 Å². The van der Waals surface area contributed by atoms with Crippen molar-refractivity contribution in [2.45, 2.75) is 45.3 Å². The summed E-state index contributed by atoms with van der Waals surface area (Å²) in [6.07, 6.45) is 0.553. The second-order valence-corrected chi connectivity index (χ2v) is 5.49. The number of carbonyl (C=O) groups is 1. The molecule has 19 heavy (non-hydrogen) atoms. The molecule has 0 amide bonds. The van der Waals surface area contributed by atoms with Gasteiger partial charge in [0.25, 0.3) is 0 Å². The minimum absolute atomic E-state index is 0.0893. The van der Waals surface area contributed by atoms with E-state index < -0.39 is 11.7 Å². The van der Waals surface area contributed by atoms with Gasteiger partial charge in [-0.15, -0.1) is 0 Å². The molecule has 0 spiro atoms. The number of rotatable bonds is 4. The second kappa shape index (κ2) is 5.21. The van der Waals surface area contributed by atoms with Gasteiger partial charge in [-0.3, -0.25) is 4.79 Å². The van der Waals surface area contributed by atoms with Gasteiger partial charge in [-0.05, 0) is 32.4 Å². The van der Waals surface area contributed by atoms with E-state index in [1.165, 1.54) is 0 Å². The second-order valence-electron chi connectivity index (χ2n) is 5.49. The zero-order chi connectivity index (χ0) is 14.0. The molecule has 1 heterocycles. The lowest BCUT2D eigenvalue weighted by Gasteiger charge is -2.31. The third-order valence-corrected chi connectivity index (χ3v) is 3.14. The zero-order valence-corrected chi connectivity index (χ0v) is 11.6. The first-order valence-electron chi connectivity index (χ1n) is 6.58. The van der Waals surface area contributed by atoms with Gasteiger partial charge in [0.15, 0.2) is 5.78 Å². The third-order valence-electron chi connectivity index (χ3n) is 3.14. The number of Topliss-reactive ketones (excluding diaryl/α,β-unsaturated/α-hetero) is 1. The molecule has 0 radical (unpaired) electrons. The summed E-state index contributed by atoms with van der Waals surface area (Å²) >= 11 is 0. The van der Waals surface area contributed by atoms with Crippen LogP contribution < -0.4 is 9.47 Å². The van der Waals surface area contributed by atoms with Gasteiger partial charge in [-0.25, -0.2) is 0 Å². The lowest BCUT2D eigenvalue weighted by Crippen LogP contribution is -2.35. The smallest absolute Gasteiger partial charge is 0.170 e. The highest BCUT2D eigenvalue weighted by molar-refractivity contribution is 6.00. The molecule has 4 nitrogen and oxygen atoms in total. The van der Waals surface area contributed by atoms with Crippen LogP contribution >= 0.6 is 0 Å². The molecule has 1 N–H and O–H groups in total. The zero-order valence-electron chi connectivity index (χ0n) is 11.6. The van der Waals surface area contributed by atoms with E-state index in [9.17, 15) is 9.90 Å². The molecule has 0 bridgehead atoms. The van der Waals surface area contributed by atoms with Crippen molar-refractivity contribution in [1.82, 2.24) is 0 Å². The van der Waals surface area contributed by atoms with Gasteiger partial charge in [0.1, 0.15) is 23.7 Å². The number of ketones is 1. The minimum Gasteiger partial charge on any atom is -0.491 e. The molecule has 1 aromatic carbocycles. The maximum absolute atomic E-state index is 12.0. The summed E-state index contributed by atoms with van der Waals surface area (Å²) < 4.78 is 11.3. The van der Waals surface area contributed by atoms with Crippen LogP contribution in [0.2, 0.25) is 0 Å². The number of aliphatic hydroxyl groups excluding tert-OH is 1. The van der Waals surface area contributed by atoms with E-state index in [1.54, 1.807) is 18.2 Å². The Morgan fingerprint density at radius 1 is 1.47 bits per heavy atom. The van der Waals surface area contributed by atoms with Crippen LogP contribution in [0.4, 0.5) is 0 Å². The van der Waals surface area contributed by atoms with Crippen molar-refractivity contribution in [3.8, 4) is 11.5 Å². The molecule has 1 aromatic rings. The number of aliphatic hydroxyl groups is 1.